The molecule has 0 fully saturated rings. The summed E-state index contributed by atoms with van der Waals surface area (Å²) in [5.74, 6) is 1.27. The molecule has 1 aromatic heterocycles. The molecule has 0 atom stereocenters. The van der Waals surface area contributed by atoms with Gasteiger partial charge in [-0.25, -0.2) is 4.98 Å². The maximum absolute atomic E-state index is 12.5. The number of aromatic nitrogens is 1. The molecule has 4 nitrogen and oxygen atoms in total. The topological polar surface area (TPSA) is 42.4 Å². The van der Waals surface area contributed by atoms with Crippen LogP contribution in [0.4, 0.5) is 5.82 Å². The van der Waals surface area contributed by atoms with E-state index in [1.165, 1.54) is 0 Å². The number of fused-ring (bicyclic) bond motifs is 2. The molecule has 0 aliphatic carbocycles. The van der Waals surface area contributed by atoms with Gasteiger partial charge in [0, 0.05) is 11.9 Å². The van der Waals surface area contributed by atoms with Gasteiger partial charge in [-0.15, -0.1) is 0 Å². The molecule has 24 heavy (non-hydrogen) atoms. The maximum atomic E-state index is 12.5. The molecule has 4 rings (SSSR count). The van der Waals surface area contributed by atoms with Gasteiger partial charge in [0.1, 0.15) is 11.6 Å². The van der Waals surface area contributed by atoms with Gasteiger partial charge in [0.25, 0.3) is 5.91 Å². The minimum atomic E-state index is -0.100. The number of pyridine rings is 1. The van der Waals surface area contributed by atoms with Crippen molar-refractivity contribution in [3.63, 3.8) is 0 Å². The lowest BCUT2D eigenvalue weighted by Crippen LogP contribution is -2.33. The zero-order valence-corrected chi connectivity index (χ0v) is 13.7. The zero-order valence-electron chi connectivity index (χ0n) is 12.9. The molecule has 2 aromatic carbocycles. The predicted octanol–water partition coefficient (Wildman–Crippen LogP) is 3.86. The number of carbonyl (C=O) groups excluding carboxylic acids is 1. The van der Waals surface area contributed by atoms with Crippen LogP contribution in [0.15, 0.2) is 54.6 Å². The predicted molar refractivity (Wildman–Crippen MR) is 94.7 cm³/mol. The van der Waals surface area contributed by atoms with Crippen LogP contribution in [0.25, 0.3) is 10.9 Å². The highest BCUT2D eigenvalue weighted by Crippen LogP contribution is 2.32. The largest absolute Gasteiger partial charge is 0.484 e. The average molecular weight is 339 g/mol. The van der Waals surface area contributed by atoms with Crippen LogP contribution in [-0.4, -0.2) is 24.0 Å². The summed E-state index contributed by atoms with van der Waals surface area (Å²) in [5.41, 5.74) is 1.79. The molecule has 0 saturated carbocycles. The van der Waals surface area contributed by atoms with E-state index in [1.54, 1.807) is 4.90 Å². The van der Waals surface area contributed by atoms with Crippen molar-refractivity contribution in [2.24, 2.45) is 0 Å². The van der Waals surface area contributed by atoms with E-state index in [4.69, 9.17) is 16.3 Å². The minimum Gasteiger partial charge on any atom is -0.484 e. The monoisotopic (exact) mass is 338 g/mol. The molecule has 1 aliphatic heterocycles. The summed E-state index contributed by atoms with van der Waals surface area (Å²) in [6.45, 7) is 0.610. The minimum absolute atomic E-state index is 0.00824. The number of para-hydroxylation sites is 2. The Labute approximate surface area is 144 Å². The molecule has 0 bridgehead atoms. The van der Waals surface area contributed by atoms with Gasteiger partial charge in [0.15, 0.2) is 6.61 Å². The van der Waals surface area contributed by atoms with E-state index in [-0.39, 0.29) is 12.5 Å². The van der Waals surface area contributed by atoms with Crippen LogP contribution in [0.1, 0.15) is 5.56 Å². The van der Waals surface area contributed by atoms with Crippen molar-refractivity contribution in [1.82, 2.24) is 4.98 Å². The number of amides is 1. The summed E-state index contributed by atoms with van der Waals surface area (Å²) in [7, 11) is 0. The van der Waals surface area contributed by atoms with Gasteiger partial charge in [0.2, 0.25) is 0 Å². The highest BCUT2D eigenvalue weighted by molar-refractivity contribution is 6.35. The fraction of sp³-hybridized carbons (Fsp3) is 0.158. The Bertz CT molecular complexity index is 912. The first kappa shape index (κ1) is 15.0. The van der Waals surface area contributed by atoms with E-state index < -0.39 is 0 Å². The van der Waals surface area contributed by atoms with Crippen LogP contribution in [0.2, 0.25) is 5.02 Å². The summed E-state index contributed by atoms with van der Waals surface area (Å²) >= 11 is 6.24. The highest BCUT2D eigenvalue weighted by Gasteiger charge is 2.27. The molecule has 0 N–H and O–H groups in total. The summed E-state index contributed by atoms with van der Waals surface area (Å²) in [6.07, 6.45) is 0.794. The van der Waals surface area contributed by atoms with Crippen molar-refractivity contribution in [1.29, 1.82) is 0 Å². The SMILES string of the molecule is O=C(COc1ccccc1)N1CCc2cc3cccc(Cl)c3nc21. The molecule has 5 heteroatoms. The lowest BCUT2D eigenvalue weighted by molar-refractivity contribution is -0.120. The van der Waals surface area contributed by atoms with Crippen molar-refractivity contribution in [2.45, 2.75) is 6.42 Å². The van der Waals surface area contributed by atoms with Gasteiger partial charge in [-0.3, -0.25) is 9.69 Å². The smallest absolute Gasteiger partial charge is 0.266 e. The second-order valence-corrected chi connectivity index (χ2v) is 6.09. The van der Waals surface area contributed by atoms with Crippen LogP contribution in [0.3, 0.4) is 0 Å². The van der Waals surface area contributed by atoms with Crippen LogP contribution in [0, 0.1) is 0 Å². The van der Waals surface area contributed by atoms with E-state index >= 15 is 0 Å². The Hall–Kier alpha value is -2.59. The number of hydrogen-bond donors (Lipinski definition) is 0. The fourth-order valence-electron chi connectivity index (χ4n) is 2.93. The van der Waals surface area contributed by atoms with E-state index in [0.29, 0.717) is 23.1 Å². The molecule has 0 radical (unpaired) electrons. The van der Waals surface area contributed by atoms with E-state index in [1.807, 2.05) is 48.5 Å². The van der Waals surface area contributed by atoms with E-state index in [2.05, 4.69) is 11.1 Å². The second kappa shape index (κ2) is 6.13. The Balaban J connectivity index is 1.58. The summed E-state index contributed by atoms with van der Waals surface area (Å²) in [4.78, 5) is 18.8. The number of halogens is 1. The van der Waals surface area contributed by atoms with Crippen LogP contribution < -0.4 is 9.64 Å². The van der Waals surface area contributed by atoms with Crippen molar-refractivity contribution in [3.05, 3.63) is 65.2 Å². The lowest BCUT2D eigenvalue weighted by Gasteiger charge is -2.17. The van der Waals surface area contributed by atoms with Crippen molar-refractivity contribution >= 4 is 34.2 Å². The van der Waals surface area contributed by atoms with Crippen molar-refractivity contribution < 1.29 is 9.53 Å². The van der Waals surface area contributed by atoms with Gasteiger partial charge in [0.05, 0.1) is 10.5 Å². The van der Waals surface area contributed by atoms with Gasteiger partial charge in [-0.05, 0) is 36.2 Å². The Morgan fingerprint density at radius 3 is 2.83 bits per heavy atom. The summed E-state index contributed by atoms with van der Waals surface area (Å²) < 4.78 is 5.56. The molecule has 0 unspecified atom stereocenters. The van der Waals surface area contributed by atoms with Crippen LogP contribution in [-0.2, 0) is 11.2 Å². The number of benzene rings is 2. The van der Waals surface area contributed by atoms with E-state index in [0.717, 1.165) is 22.9 Å². The molecule has 0 saturated heterocycles. The van der Waals surface area contributed by atoms with E-state index in [9.17, 15) is 4.79 Å². The van der Waals surface area contributed by atoms with Gasteiger partial charge in [-0.1, -0.05) is 41.9 Å². The lowest BCUT2D eigenvalue weighted by atomic mass is 10.1. The number of ether oxygens (including phenoxy) is 1. The van der Waals surface area contributed by atoms with Crippen molar-refractivity contribution in [2.75, 3.05) is 18.1 Å². The quantitative estimate of drug-likeness (QED) is 0.728. The number of anilines is 1. The number of carbonyl (C=O) groups is 1. The fourth-order valence-corrected chi connectivity index (χ4v) is 3.16. The molecule has 1 aliphatic rings. The Morgan fingerprint density at radius 1 is 1.17 bits per heavy atom. The average Bonchev–Trinajstić information content (AvgIpc) is 3.02. The third-order valence-corrected chi connectivity index (χ3v) is 4.42. The van der Waals surface area contributed by atoms with Gasteiger partial charge in [-0.2, -0.15) is 0 Å². The van der Waals surface area contributed by atoms with Gasteiger partial charge >= 0.3 is 0 Å². The summed E-state index contributed by atoms with van der Waals surface area (Å²) in [6, 6.07) is 17.1. The third kappa shape index (κ3) is 2.69. The van der Waals surface area contributed by atoms with Crippen LogP contribution >= 0.6 is 11.6 Å². The van der Waals surface area contributed by atoms with Gasteiger partial charge < -0.3 is 4.74 Å². The number of nitrogens with zero attached hydrogens (tertiary/aromatic N) is 2. The second-order valence-electron chi connectivity index (χ2n) is 5.68. The first-order valence-electron chi connectivity index (χ1n) is 7.79. The third-order valence-electron chi connectivity index (χ3n) is 4.12. The Morgan fingerprint density at radius 2 is 2.00 bits per heavy atom. The molecule has 120 valence electrons. The number of rotatable bonds is 3. The molecule has 3 aromatic rings. The maximum Gasteiger partial charge on any atom is 0.266 e. The number of hydrogen-bond acceptors (Lipinski definition) is 3. The van der Waals surface area contributed by atoms with Crippen LogP contribution in [0.5, 0.6) is 5.75 Å². The molecule has 2 heterocycles. The standard InChI is InChI=1S/C19H15ClN2O2/c20-16-8-4-5-13-11-14-9-10-22(19(14)21-18(13)16)17(23)12-24-15-6-2-1-3-7-15/h1-8,11H,9-10,12H2. The first-order valence-corrected chi connectivity index (χ1v) is 8.16. The Kier molecular flexibility index (Phi) is 3.82. The zero-order chi connectivity index (χ0) is 16.5. The van der Waals surface area contributed by atoms with Crippen molar-refractivity contribution in [3.8, 4) is 5.75 Å². The molecule has 1 amide bonds. The highest BCUT2D eigenvalue weighted by atomic mass is 35.5. The summed E-state index contributed by atoms with van der Waals surface area (Å²) in [5, 5.41) is 1.59. The molecule has 0 spiro atoms. The molecular formula is C19H15ClN2O2. The first-order chi connectivity index (χ1) is 11.7. The normalized spacial score (nSPS) is 13.1. The molecular weight excluding hydrogens is 324 g/mol.